The molecule has 0 bridgehead atoms. The number of aryl methyl sites for hydroxylation is 1. The highest BCUT2D eigenvalue weighted by Gasteiger charge is 2.10. The highest BCUT2D eigenvalue weighted by Crippen LogP contribution is 2.22. The highest BCUT2D eigenvalue weighted by atomic mass is 14.8. The summed E-state index contributed by atoms with van der Waals surface area (Å²) in [6, 6.07) is 9.14. The van der Waals surface area contributed by atoms with Gasteiger partial charge >= 0.3 is 0 Å². The molecule has 0 aliphatic heterocycles. The highest BCUT2D eigenvalue weighted by molar-refractivity contribution is 5.24. The minimum Gasteiger partial charge on any atom is -0.316 e. The molecule has 1 N–H and O–H groups in total. The molecule has 0 heterocycles. The standard InChI is InChI=1S/C19H33N/c1-4-6-7-8-9-10-19(16-20-15-5-2)18-13-11-17(3)12-14-18/h11-14,19-20H,4-10,15-16H2,1-3H3. The van der Waals surface area contributed by atoms with Crippen LogP contribution < -0.4 is 5.32 Å². The molecule has 0 spiro atoms. The second-order valence-corrected chi connectivity index (χ2v) is 6.01. The maximum atomic E-state index is 3.60. The predicted octanol–water partition coefficient (Wildman–Crippen LogP) is 5.44. The number of unbranched alkanes of at least 4 members (excludes halogenated alkanes) is 4. The minimum atomic E-state index is 0.684. The fourth-order valence-electron chi connectivity index (χ4n) is 2.67. The van der Waals surface area contributed by atoms with Crippen molar-refractivity contribution in [2.24, 2.45) is 0 Å². The first-order chi connectivity index (χ1) is 9.77. The van der Waals surface area contributed by atoms with Crippen molar-refractivity contribution in [2.75, 3.05) is 13.1 Å². The van der Waals surface area contributed by atoms with E-state index in [4.69, 9.17) is 0 Å². The largest absolute Gasteiger partial charge is 0.316 e. The van der Waals surface area contributed by atoms with E-state index in [2.05, 4.69) is 50.4 Å². The van der Waals surface area contributed by atoms with E-state index in [-0.39, 0.29) is 0 Å². The van der Waals surface area contributed by atoms with E-state index in [1.165, 1.54) is 56.1 Å². The topological polar surface area (TPSA) is 12.0 Å². The van der Waals surface area contributed by atoms with Crippen LogP contribution in [0.1, 0.15) is 75.8 Å². The number of hydrogen-bond acceptors (Lipinski definition) is 1. The Kier molecular flexibility index (Phi) is 9.40. The van der Waals surface area contributed by atoms with E-state index >= 15 is 0 Å². The first-order valence-electron chi connectivity index (χ1n) is 8.55. The Morgan fingerprint density at radius 3 is 2.25 bits per heavy atom. The molecular formula is C19H33N. The van der Waals surface area contributed by atoms with Gasteiger partial charge in [-0.2, -0.15) is 0 Å². The van der Waals surface area contributed by atoms with Gasteiger partial charge in [-0.25, -0.2) is 0 Å². The Morgan fingerprint density at radius 1 is 0.900 bits per heavy atom. The van der Waals surface area contributed by atoms with Crippen LogP contribution in [0.5, 0.6) is 0 Å². The fourth-order valence-corrected chi connectivity index (χ4v) is 2.67. The van der Waals surface area contributed by atoms with Crippen LogP contribution in [-0.2, 0) is 0 Å². The molecule has 1 heteroatoms. The SMILES string of the molecule is CCCCCCCC(CNCCC)c1ccc(C)cc1. The summed E-state index contributed by atoms with van der Waals surface area (Å²) < 4.78 is 0. The molecule has 0 aliphatic carbocycles. The second kappa shape index (κ2) is 10.9. The quantitative estimate of drug-likeness (QED) is 0.530. The summed E-state index contributed by atoms with van der Waals surface area (Å²) in [5.41, 5.74) is 2.87. The fraction of sp³-hybridized carbons (Fsp3) is 0.684. The summed E-state index contributed by atoms with van der Waals surface area (Å²) >= 11 is 0. The van der Waals surface area contributed by atoms with E-state index in [1.807, 2.05) is 0 Å². The normalized spacial score (nSPS) is 12.6. The van der Waals surface area contributed by atoms with Crippen molar-refractivity contribution < 1.29 is 0 Å². The van der Waals surface area contributed by atoms with Gasteiger partial charge in [0.2, 0.25) is 0 Å². The van der Waals surface area contributed by atoms with Crippen molar-refractivity contribution in [1.82, 2.24) is 5.32 Å². The van der Waals surface area contributed by atoms with Crippen molar-refractivity contribution >= 4 is 0 Å². The summed E-state index contributed by atoms with van der Waals surface area (Å²) in [5.74, 6) is 0.684. The average Bonchev–Trinajstić information content (AvgIpc) is 2.46. The summed E-state index contributed by atoms with van der Waals surface area (Å²) in [6.07, 6.45) is 9.43. The third-order valence-corrected chi connectivity index (χ3v) is 4.02. The van der Waals surface area contributed by atoms with Crippen molar-refractivity contribution in [3.8, 4) is 0 Å². The Labute approximate surface area is 126 Å². The molecule has 1 aromatic carbocycles. The lowest BCUT2D eigenvalue weighted by Gasteiger charge is -2.18. The molecule has 0 amide bonds. The van der Waals surface area contributed by atoms with Gasteiger partial charge in [0.25, 0.3) is 0 Å². The van der Waals surface area contributed by atoms with Crippen molar-refractivity contribution in [2.45, 2.75) is 71.6 Å². The lowest BCUT2D eigenvalue weighted by molar-refractivity contribution is 0.509. The Balaban J connectivity index is 2.44. The number of rotatable bonds is 11. The van der Waals surface area contributed by atoms with Crippen LogP contribution in [0.2, 0.25) is 0 Å². The zero-order chi connectivity index (χ0) is 14.6. The molecule has 1 unspecified atom stereocenters. The first kappa shape index (κ1) is 17.2. The van der Waals surface area contributed by atoms with Crippen LogP contribution in [0.25, 0.3) is 0 Å². The molecule has 0 aliphatic rings. The Hall–Kier alpha value is -0.820. The van der Waals surface area contributed by atoms with Gasteiger partial charge in [0.05, 0.1) is 0 Å². The Bertz CT molecular complexity index is 328. The van der Waals surface area contributed by atoms with Crippen molar-refractivity contribution in [3.05, 3.63) is 35.4 Å². The zero-order valence-electron chi connectivity index (χ0n) is 13.8. The Morgan fingerprint density at radius 2 is 1.60 bits per heavy atom. The molecule has 1 rings (SSSR count). The molecule has 1 atom stereocenters. The van der Waals surface area contributed by atoms with Gasteiger partial charge in [0.15, 0.2) is 0 Å². The van der Waals surface area contributed by atoms with Crippen LogP contribution in [0.15, 0.2) is 24.3 Å². The molecule has 0 saturated heterocycles. The molecular weight excluding hydrogens is 242 g/mol. The molecule has 0 aromatic heterocycles. The van der Waals surface area contributed by atoms with Crippen LogP contribution in [0.4, 0.5) is 0 Å². The summed E-state index contributed by atoms with van der Waals surface area (Å²) in [7, 11) is 0. The molecule has 1 aromatic rings. The molecule has 20 heavy (non-hydrogen) atoms. The summed E-state index contributed by atoms with van der Waals surface area (Å²) in [5, 5.41) is 3.60. The van der Waals surface area contributed by atoms with E-state index < -0.39 is 0 Å². The van der Waals surface area contributed by atoms with Crippen LogP contribution >= 0.6 is 0 Å². The molecule has 0 radical (unpaired) electrons. The number of nitrogens with one attached hydrogen (secondary N) is 1. The predicted molar refractivity (Wildman–Crippen MR) is 90.5 cm³/mol. The third-order valence-electron chi connectivity index (χ3n) is 4.02. The van der Waals surface area contributed by atoms with E-state index in [0.717, 1.165) is 13.1 Å². The zero-order valence-corrected chi connectivity index (χ0v) is 13.8. The van der Waals surface area contributed by atoms with Gasteiger partial charge in [-0.1, -0.05) is 75.8 Å². The van der Waals surface area contributed by atoms with Crippen LogP contribution in [0, 0.1) is 6.92 Å². The molecule has 1 nitrogen and oxygen atoms in total. The van der Waals surface area contributed by atoms with Crippen molar-refractivity contribution in [1.29, 1.82) is 0 Å². The maximum Gasteiger partial charge on any atom is 0.00201 e. The van der Waals surface area contributed by atoms with Gasteiger partial charge in [-0.3, -0.25) is 0 Å². The number of benzene rings is 1. The van der Waals surface area contributed by atoms with E-state index in [9.17, 15) is 0 Å². The summed E-state index contributed by atoms with van der Waals surface area (Å²) in [6.45, 7) is 8.95. The van der Waals surface area contributed by atoms with Gasteiger partial charge < -0.3 is 5.32 Å². The first-order valence-corrected chi connectivity index (χ1v) is 8.55. The minimum absolute atomic E-state index is 0.684. The molecule has 114 valence electrons. The molecule has 0 saturated carbocycles. The average molecular weight is 275 g/mol. The monoisotopic (exact) mass is 275 g/mol. The summed E-state index contributed by atoms with van der Waals surface area (Å²) in [4.78, 5) is 0. The van der Waals surface area contributed by atoms with Gasteiger partial charge in [-0.05, 0) is 37.8 Å². The van der Waals surface area contributed by atoms with E-state index in [1.54, 1.807) is 0 Å². The van der Waals surface area contributed by atoms with Gasteiger partial charge in [0, 0.05) is 6.54 Å². The second-order valence-electron chi connectivity index (χ2n) is 6.01. The smallest absolute Gasteiger partial charge is 0.00201 e. The van der Waals surface area contributed by atoms with Gasteiger partial charge in [-0.15, -0.1) is 0 Å². The van der Waals surface area contributed by atoms with E-state index in [0.29, 0.717) is 5.92 Å². The third kappa shape index (κ3) is 7.09. The van der Waals surface area contributed by atoms with Crippen LogP contribution in [0.3, 0.4) is 0 Å². The lowest BCUT2D eigenvalue weighted by Crippen LogP contribution is -2.22. The van der Waals surface area contributed by atoms with Crippen LogP contribution in [-0.4, -0.2) is 13.1 Å². The molecule has 0 fully saturated rings. The lowest BCUT2D eigenvalue weighted by atomic mass is 9.92. The van der Waals surface area contributed by atoms with Crippen molar-refractivity contribution in [3.63, 3.8) is 0 Å². The maximum absolute atomic E-state index is 3.60. The number of hydrogen-bond donors (Lipinski definition) is 1. The van der Waals surface area contributed by atoms with Gasteiger partial charge in [0.1, 0.15) is 0 Å².